The van der Waals surface area contributed by atoms with E-state index in [1.54, 1.807) is 4.57 Å². The molecule has 0 bridgehead atoms. The highest BCUT2D eigenvalue weighted by Gasteiger charge is 2.12. The largest absolute Gasteiger partial charge is 0.345 e. The number of para-hydroxylation sites is 1. The van der Waals surface area contributed by atoms with Gasteiger partial charge in [-0.15, -0.1) is 0 Å². The van der Waals surface area contributed by atoms with Gasteiger partial charge in [-0.1, -0.05) is 25.1 Å². The molecule has 0 saturated heterocycles. The van der Waals surface area contributed by atoms with Gasteiger partial charge in [-0.25, -0.2) is 0 Å². The van der Waals surface area contributed by atoms with Crippen LogP contribution in [-0.2, 0) is 13.5 Å². The number of aryl methyl sites for hydroxylation is 2. The lowest BCUT2D eigenvalue weighted by Gasteiger charge is -2.09. The van der Waals surface area contributed by atoms with Gasteiger partial charge < -0.3 is 9.88 Å². The molecule has 0 saturated carbocycles. The van der Waals surface area contributed by atoms with Crippen molar-refractivity contribution in [2.24, 2.45) is 7.05 Å². The number of carbonyl (C=O) groups excluding carboxylic acids is 1. The fourth-order valence-electron chi connectivity index (χ4n) is 1.89. The molecule has 0 aliphatic heterocycles. The summed E-state index contributed by atoms with van der Waals surface area (Å²) < 4.78 is 2.70. The van der Waals surface area contributed by atoms with E-state index < -0.39 is 0 Å². The van der Waals surface area contributed by atoms with Crippen LogP contribution in [0.4, 0.5) is 5.69 Å². The number of nitrogens with zero attached hydrogens (tertiary/aromatic N) is 1. The van der Waals surface area contributed by atoms with Gasteiger partial charge in [-0.2, -0.15) is 0 Å². The second-order valence-corrected chi connectivity index (χ2v) is 5.03. The summed E-state index contributed by atoms with van der Waals surface area (Å²) >= 11 is 3.36. The van der Waals surface area contributed by atoms with Crippen molar-refractivity contribution in [3.8, 4) is 0 Å². The molecule has 1 N–H and O–H groups in total. The Morgan fingerprint density at radius 3 is 2.72 bits per heavy atom. The first-order valence-electron chi connectivity index (χ1n) is 5.83. The maximum atomic E-state index is 12.2. The Hall–Kier alpha value is -1.55. The van der Waals surface area contributed by atoms with Crippen LogP contribution < -0.4 is 5.32 Å². The maximum Gasteiger partial charge on any atom is 0.272 e. The fourth-order valence-corrected chi connectivity index (χ4v) is 2.41. The van der Waals surface area contributed by atoms with Crippen molar-refractivity contribution in [1.82, 2.24) is 4.57 Å². The highest BCUT2D eigenvalue weighted by atomic mass is 79.9. The molecule has 0 radical (unpaired) electrons. The van der Waals surface area contributed by atoms with Crippen LogP contribution in [0.3, 0.4) is 0 Å². The summed E-state index contributed by atoms with van der Waals surface area (Å²) in [6.45, 7) is 2.07. The van der Waals surface area contributed by atoms with Crippen molar-refractivity contribution >= 4 is 27.5 Å². The van der Waals surface area contributed by atoms with E-state index >= 15 is 0 Å². The number of carbonyl (C=O) groups is 1. The molecule has 3 nitrogen and oxygen atoms in total. The number of hydrogen-bond donors (Lipinski definition) is 1. The Bertz CT molecular complexity index is 575. The maximum absolute atomic E-state index is 12.2. The van der Waals surface area contributed by atoms with Gasteiger partial charge in [0, 0.05) is 23.4 Å². The van der Waals surface area contributed by atoms with Crippen molar-refractivity contribution in [3.63, 3.8) is 0 Å². The van der Waals surface area contributed by atoms with Crippen LogP contribution in [0.1, 0.15) is 23.0 Å². The van der Waals surface area contributed by atoms with Crippen molar-refractivity contribution < 1.29 is 4.79 Å². The predicted molar refractivity (Wildman–Crippen MR) is 76.9 cm³/mol. The highest BCUT2D eigenvalue weighted by molar-refractivity contribution is 9.10. The van der Waals surface area contributed by atoms with Crippen LogP contribution in [0.5, 0.6) is 0 Å². The van der Waals surface area contributed by atoms with E-state index in [0.29, 0.717) is 5.69 Å². The lowest BCUT2D eigenvalue weighted by molar-refractivity contribution is 0.101. The van der Waals surface area contributed by atoms with Gasteiger partial charge in [0.25, 0.3) is 5.91 Å². The number of hydrogen-bond acceptors (Lipinski definition) is 1. The van der Waals surface area contributed by atoms with Crippen molar-refractivity contribution in [1.29, 1.82) is 0 Å². The standard InChI is InChI=1S/C14H15BrN2O/c1-3-10-6-4-5-7-12(10)16-14(18)13-8-11(15)9-17(13)2/h4-9H,3H2,1-2H3,(H,16,18). The summed E-state index contributed by atoms with van der Waals surface area (Å²) in [5, 5.41) is 2.95. The summed E-state index contributed by atoms with van der Waals surface area (Å²) in [5.74, 6) is -0.0934. The van der Waals surface area contributed by atoms with E-state index in [4.69, 9.17) is 0 Å². The third-order valence-electron chi connectivity index (χ3n) is 2.85. The summed E-state index contributed by atoms with van der Waals surface area (Å²) in [6, 6.07) is 9.67. The first kappa shape index (κ1) is 12.9. The number of nitrogens with one attached hydrogen (secondary N) is 1. The molecular weight excluding hydrogens is 292 g/mol. The third kappa shape index (κ3) is 2.64. The van der Waals surface area contributed by atoms with Gasteiger partial charge in [0.15, 0.2) is 0 Å². The molecular formula is C14H15BrN2O. The van der Waals surface area contributed by atoms with E-state index in [-0.39, 0.29) is 5.91 Å². The molecule has 2 rings (SSSR count). The normalized spacial score (nSPS) is 10.4. The van der Waals surface area contributed by atoms with Crippen LogP contribution in [-0.4, -0.2) is 10.5 Å². The highest BCUT2D eigenvalue weighted by Crippen LogP contribution is 2.18. The van der Waals surface area contributed by atoms with Gasteiger partial charge in [0.05, 0.1) is 0 Å². The quantitative estimate of drug-likeness (QED) is 0.923. The molecule has 2 aromatic rings. The molecule has 18 heavy (non-hydrogen) atoms. The van der Waals surface area contributed by atoms with Crippen LogP contribution in [0.2, 0.25) is 0 Å². The van der Waals surface area contributed by atoms with E-state index in [0.717, 1.165) is 22.1 Å². The summed E-state index contributed by atoms with van der Waals surface area (Å²) in [4.78, 5) is 12.2. The van der Waals surface area contributed by atoms with Gasteiger partial charge in [-0.05, 0) is 40.0 Å². The number of aromatic nitrogens is 1. The predicted octanol–water partition coefficient (Wildman–Crippen LogP) is 3.60. The minimum absolute atomic E-state index is 0.0934. The lowest BCUT2D eigenvalue weighted by Crippen LogP contribution is -2.16. The smallest absolute Gasteiger partial charge is 0.272 e. The van der Waals surface area contributed by atoms with Gasteiger partial charge in [-0.3, -0.25) is 4.79 Å². The molecule has 0 aliphatic rings. The van der Waals surface area contributed by atoms with Gasteiger partial charge >= 0.3 is 0 Å². The Balaban J connectivity index is 2.24. The van der Waals surface area contributed by atoms with Crippen molar-refractivity contribution in [2.45, 2.75) is 13.3 Å². The van der Waals surface area contributed by atoms with Crippen LogP contribution in [0.15, 0.2) is 41.0 Å². The molecule has 94 valence electrons. The van der Waals surface area contributed by atoms with E-state index in [9.17, 15) is 4.79 Å². The summed E-state index contributed by atoms with van der Waals surface area (Å²) in [6.07, 6.45) is 2.76. The summed E-state index contributed by atoms with van der Waals surface area (Å²) in [7, 11) is 1.85. The fraction of sp³-hybridized carbons (Fsp3) is 0.214. The first-order chi connectivity index (χ1) is 8.61. The molecule has 1 aromatic heterocycles. The molecule has 1 heterocycles. The molecule has 1 aromatic carbocycles. The van der Waals surface area contributed by atoms with Crippen LogP contribution >= 0.6 is 15.9 Å². The lowest BCUT2D eigenvalue weighted by atomic mass is 10.1. The number of anilines is 1. The molecule has 0 atom stereocenters. The van der Waals surface area contributed by atoms with Gasteiger partial charge in [0.1, 0.15) is 5.69 Å². The topological polar surface area (TPSA) is 34.0 Å². The number of amides is 1. The number of rotatable bonds is 3. The molecule has 0 unspecified atom stereocenters. The van der Waals surface area contributed by atoms with Gasteiger partial charge in [0.2, 0.25) is 0 Å². The zero-order chi connectivity index (χ0) is 13.1. The first-order valence-corrected chi connectivity index (χ1v) is 6.62. The third-order valence-corrected chi connectivity index (χ3v) is 3.28. The van der Waals surface area contributed by atoms with E-state index in [2.05, 4.69) is 28.2 Å². The Labute approximate surface area is 115 Å². The zero-order valence-electron chi connectivity index (χ0n) is 10.4. The second-order valence-electron chi connectivity index (χ2n) is 4.12. The Morgan fingerprint density at radius 2 is 2.11 bits per heavy atom. The van der Waals surface area contributed by atoms with Crippen molar-refractivity contribution in [2.75, 3.05) is 5.32 Å². The molecule has 0 spiro atoms. The average Bonchev–Trinajstić information content (AvgIpc) is 2.69. The second kappa shape index (κ2) is 5.40. The van der Waals surface area contributed by atoms with Crippen LogP contribution in [0.25, 0.3) is 0 Å². The van der Waals surface area contributed by atoms with E-state index in [1.165, 1.54) is 0 Å². The Morgan fingerprint density at radius 1 is 1.39 bits per heavy atom. The number of benzene rings is 1. The SMILES string of the molecule is CCc1ccccc1NC(=O)c1cc(Br)cn1C. The molecule has 4 heteroatoms. The monoisotopic (exact) mass is 306 g/mol. The zero-order valence-corrected chi connectivity index (χ0v) is 12.0. The average molecular weight is 307 g/mol. The molecule has 0 fully saturated rings. The minimum Gasteiger partial charge on any atom is -0.345 e. The number of halogens is 1. The van der Waals surface area contributed by atoms with Crippen LogP contribution in [0, 0.1) is 0 Å². The van der Waals surface area contributed by atoms with E-state index in [1.807, 2.05) is 43.6 Å². The Kier molecular flexibility index (Phi) is 3.87. The molecule has 1 amide bonds. The van der Waals surface area contributed by atoms with Crippen molar-refractivity contribution in [3.05, 3.63) is 52.3 Å². The molecule has 0 aliphatic carbocycles. The minimum atomic E-state index is -0.0934. The summed E-state index contributed by atoms with van der Waals surface area (Å²) in [5.41, 5.74) is 2.65.